The zero-order valence-corrected chi connectivity index (χ0v) is 7.86. The molecule has 2 heteroatoms. The first kappa shape index (κ1) is 8.75. The van der Waals surface area contributed by atoms with Crippen LogP contribution in [-0.4, -0.2) is 13.4 Å². The second-order valence-electron chi connectivity index (χ2n) is 3.02. The summed E-state index contributed by atoms with van der Waals surface area (Å²) in [5.74, 6) is 0.797. The zero-order valence-electron chi connectivity index (χ0n) is 7.86. The number of methoxy groups -OCH3 is 1. The van der Waals surface area contributed by atoms with Crippen LogP contribution >= 0.6 is 0 Å². The van der Waals surface area contributed by atoms with E-state index in [-0.39, 0.29) is 0 Å². The molecule has 0 saturated carbocycles. The summed E-state index contributed by atoms with van der Waals surface area (Å²) in [6.45, 7) is 0. The zero-order chi connectivity index (χ0) is 9.97. The standard InChI is InChI=1S/C12H10O2/c1-14-12-7-3-5-10-9(8-13)4-2-6-11(10)12/h2-8H,1H3. The molecule has 2 aromatic carbocycles. The van der Waals surface area contributed by atoms with Gasteiger partial charge < -0.3 is 4.74 Å². The van der Waals surface area contributed by atoms with Crippen molar-refractivity contribution in [2.24, 2.45) is 0 Å². The predicted octanol–water partition coefficient (Wildman–Crippen LogP) is 2.66. The van der Waals surface area contributed by atoms with Crippen LogP contribution in [0.25, 0.3) is 10.8 Å². The highest BCUT2D eigenvalue weighted by Gasteiger charge is 2.03. The third-order valence-corrected chi connectivity index (χ3v) is 2.26. The van der Waals surface area contributed by atoms with Gasteiger partial charge in [-0.05, 0) is 11.5 Å². The number of aldehydes is 1. The monoisotopic (exact) mass is 186 g/mol. The fourth-order valence-corrected chi connectivity index (χ4v) is 1.59. The highest BCUT2D eigenvalue weighted by molar-refractivity contribution is 6.00. The first-order chi connectivity index (χ1) is 6.86. The fraction of sp³-hybridized carbons (Fsp3) is 0.0833. The molecule has 2 rings (SSSR count). The Kier molecular flexibility index (Phi) is 2.19. The average Bonchev–Trinajstić information content (AvgIpc) is 2.27. The summed E-state index contributed by atoms with van der Waals surface area (Å²) in [7, 11) is 1.63. The second-order valence-corrected chi connectivity index (χ2v) is 3.02. The molecule has 0 heterocycles. The number of carbonyl (C=O) groups excluding carboxylic acids is 1. The lowest BCUT2D eigenvalue weighted by Crippen LogP contribution is -1.87. The van der Waals surface area contributed by atoms with Gasteiger partial charge in [-0.15, -0.1) is 0 Å². The van der Waals surface area contributed by atoms with Crippen molar-refractivity contribution in [1.82, 2.24) is 0 Å². The molecule has 0 radical (unpaired) electrons. The summed E-state index contributed by atoms with van der Waals surface area (Å²) in [4.78, 5) is 10.8. The van der Waals surface area contributed by atoms with Crippen LogP contribution in [0.2, 0.25) is 0 Å². The van der Waals surface area contributed by atoms with E-state index in [0.717, 1.165) is 22.8 Å². The molecule has 0 bridgehead atoms. The quantitative estimate of drug-likeness (QED) is 0.674. The average molecular weight is 186 g/mol. The lowest BCUT2D eigenvalue weighted by atomic mass is 10.0. The molecule has 0 spiro atoms. The van der Waals surface area contributed by atoms with Crippen LogP contribution in [0.5, 0.6) is 5.75 Å². The maximum absolute atomic E-state index is 10.8. The van der Waals surface area contributed by atoms with Crippen molar-refractivity contribution >= 4 is 17.1 Å². The molecule has 14 heavy (non-hydrogen) atoms. The highest BCUT2D eigenvalue weighted by atomic mass is 16.5. The van der Waals surface area contributed by atoms with Gasteiger partial charge in [0.1, 0.15) is 5.75 Å². The molecule has 0 unspecified atom stereocenters. The molecule has 0 aromatic heterocycles. The Morgan fingerprint density at radius 3 is 2.50 bits per heavy atom. The van der Waals surface area contributed by atoms with Gasteiger partial charge in [-0.25, -0.2) is 0 Å². The maximum atomic E-state index is 10.8. The Morgan fingerprint density at radius 2 is 1.79 bits per heavy atom. The van der Waals surface area contributed by atoms with E-state index in [9.17, 15) is 4.79 Å². The molecule has 70 valence electrons. The van der Waals surface area contributed by atoms with E-state index in [0.29, 0.717) is 5.56 Å². The normalized spacial score (nSPS) is 10.1. The van der Waals surface area contributed by atoms with Gasteiger partial charge in [-0.3, -0.25) is 4.79 Å². The summed E-state index contributed by atoms with van der Waals surface area (Å²) < 4.78 is 5.21. The van der Waals surface area contributed by atoms with Gasteiger partial charge in [0.15, 0.2) is 6.29 Å². The molecule has 0 fully saturated rings. The lowest BCUT2D eigenvalue weighted by Gasteiger charge is -2.05. The Labute approximate surface area is 82.1 Å². The number of hydrogen-bond acceptors (Lipinski definition) is 2. The van der Waals surface area contributed by atoms with Crippen molar-refractivity contribution in [3.8, 4) is 5.75 Å². The number of carbonyl (C=O) groups is 1. The summed E-state index contributed by atoms with van der Waals surface area (Å²) in [5, 5.41) is 1.90. The molecule has 0 aliphatic heterocycles. The predicted molar refractivity (Wildman–Crippen MR) is 55.9 cm³/mol. The minimum absolute atomic E-state index is 0.696. The van der Waals surface area contributed by atoms with Crippen LogP contribution in [-0.2, 0) is 0 Å². The molecule has 0 amide bonds. The Morgan fingerprint density at radius 1 is 1.07 bits per heavy atom. The molecule has 0 aliphatic rings. The summed E-state index contributed by atoms with van der Waals surface area (Å²) in [6, 6.07) is 11.3. The summed E-state index contributed by atoms with van der Waals surface area (Å²) in [6.07, 6.45) is 0.863. The van der Waals surface area contributed by atoms with Gasteiger partial charge in [0, 0.05) is 10.9 Å². The molecule has 0 aliphatic carbocycles. The van der Waals surface area contributed by atoms with Gasteiger partial charge in [0.05, 0.1) is 7.11 Å². The molecule has 2 aromatic rings. The Hall–Kier alpha value is -1.83. The minimum Gasteiger partial charge on any atom is -0.496 e. The number of benzene rings is 2. The van der Waals surface area contributed by atoms with Gasteiger partial charge in [-0.1, -0.05) is 30.3 Å². The molecule has 0 atom stereocenters. The maximum Gasteiger partial charge on any atom is 0.150 e. The smallest absolute Gasteiger partial charge is 0.150 e. The highest BCUT2D eigenvalue weighted by Crippen LogP contribution is 2.26. The van der Waals surface area contributed by atoms with E-state index in [4.69, 9.17) is 4.74 Å². The van der Waals surface area contributed by atoms with Crippen molar-refractivity contribution in [2.75, 3.05) is 7.11 Å². The molecule has 0 saturated heterocycles. The molecule has 2 nitrogen and oxygen atoms in total. The van der Waals surface area contributed by atoms with E-state index in [1.165, 1.54) is 0 Å². The van der Waals surface area contributed by atoms with Gasteiger partial charge in [-0.2, -0.15) is 0 Å². The number of hydrogen-bond donors (Lipinski definition) is 0. The van der Waals surface area contributed by atoms with Crippen molar-refractivity contribution < 1.29 is 9.53 Å². The van der Waals surface area contributed by atoms with Crippen molar-refractivity contribution in [3.63, 3.8) is 0 Å². The van der Waals surface area contributed by atoms with Crippen molar-refractivity contribution in [3.05, 3.63) is 42.0 Å². The van der Waals surface area contributed by atoms with E-state index in [1.807, 2.05) is 30.3 Å². The minimum atomic E-state index is 0.696. The van der Waals surface area contributed by atoms with Crippen LogP contribution in [0, 0.1) is 0 Å². The third-order valence-electron chi connectivity index (χ3n) is 2.26. The Bertz CT molecular complexity index is 475. The van der Waals surface area contributed by atoms with Crippen LogP contribution < -0.4 is 4.74 Å². The number of rotatable bonds is 2. The number of fused-ring (bicyclic) bond motifs is 1. The topological polar surface area (TPSA) is 26.3 Å². The molecular formula is C12H10O2. The number of ether oxygens (including phenoxy) is 1. The van der Waals surface area contributed by atoms with Gasteiger partial charge in [0.25, 0.3) is 0 Å². The molecular weight excluding hydrogens is 176 g/mol. The van der Waals surface area contributed by atoms with Crippen molar-refractivity contribution in [2.45, 2.75) is 0 Å². The largest absolute Gasteiger partial charge is 0.496 e. The molecule has 0 N–H and O–H groups in total. The second kappa shape index (κ2) is 3.50. The van der Waals surface area contributed by atoms with Gasteiger partial charge in [0.2, 0.25) is 0 Å². The summed E-state index contributed by atoms with van der Waals surface area (Å²) in [5.41, 5.74) is 0.696. The summed E-state index contributed by atoms with van der Waals surface area (Å²) >= 11 is 0. The first-order valence-corrected chi connectivity index (χ1v) is 4.37. The van der Waals surface area contributed by atoms with Crippen molar-refractivity contribution in [1.29, 1.82) is 0 Å². The fourth-order valence-electron chi connectivity index (χ4n) is 1.59. The van der Waals surface area contributed by atoms with Gasteiger partial charge >= 0.3 is 0 Å². The van der Waals surface area contributed by atoms with E-state index in [1.54, 1.807) is 13.2 Å². The first-order valence-electron chi connectivity index (χ1n) is 4.37. The van der Waals surface area contributed by atoms with E-state index < -0.39 is 0 Å². The van der Waals surface area contributed by atoms with Crippen LogP contribution in [0.15, 0.2) is 36.4 Å². The Balaban J connectivity index is 2.84. The SMILES string of the molecule is COc1cccc2c(C=O)cccc12. The third kappa shape index (κ3) is 1.25. The van der Waals surface area contributed by atoms with Crippen LogP contribution in [0.4, 0.5) is 0 Å². The van der Waals surface area contributed by atoms with E-state index >= 15 is 0 Å². The van der Waals surface area contributed by atoms with Crippen LogP contribution in [0.3, 0.4) is 0 Å². The van der Waals surface area contributed by atoms with Crippen LogP contribution in [0.1, 0.15) is 10.4 Å². The van der Waals surface area contributed by atoms with E-state index in [2.05, 4.69) is 0 Å². The lowest BCUT2D eigenvalue weighted by molar-refractivity contribution is 0.112.